The topological polar surface area (TPSA) is 135 Å². The molecule has 12 heteroatoms. The van der Waals surface area contributed by atoms with Gasteiger partial charge in [0.25, 0.3) is 0 Å². The zero-order valence-electron chi connectivity index (χ0n) is 22.8. The molecule has 5 rings (SSSR count). The van der Waals surface area contributed by atoms with Gasteiger partial charge in [0.05, 0.1) is 24.8 Å². The molecule has 3 aromatic heterocycles. The largest absolute Gasteiger partial charge is 0.364 e. The second-order valence-corrected chi connectivity index (χ2v) is 10.2. The number of aryl methyl sites for hydroxylation is 2. The molecule has 39 heavy (non-hydrogen) atoms. The molecule has 12 nitrogen and oxygen atoms in total. The Morgan fingerprint density at radius 1 is 0.846 bits per heavy atom. The summed E-state index contributed by atoms with van der Waals surface area (Å²) in [5.41, 5.74) is 2.55. The zero-order valence-corrected chi connectivity index (χ0v) is 22.8. The van der Waals surface area contributed by atoms with Gasteiger partial charge in [0, 0.05) is 31.2 Å². The number of benzene rings is 1. The quantitative estimate of drug-likeness (QED) is 0.169. The molecule has 0 saturated heterocycles. The molecule has 0 bridgehead atoms. The van der Waals surface area contributed by atoms with Crippen molar-refractivity contribution in [1.82, 2.24) is 50.6 Å². The summed E-state index contributed by atoms with van der Waals surface area (Å²) >= 11 is 0. The van der Waals surface area contributed by atoms with Crippen LogP contribution in [-0.2, 0) is 26.7 Å². The molecule has 4 aromatic rings. The van der Waals surface area contributed by atoms with Crippen LogP contribution in [0.4, 0.5) is 11.8 Å². The number of nitrogens with zero attached hydrogens (tertiary/aromatic N) is 8. The number of aromatic nitrogens is 8. The van der Waals surface area contributed by atoms with E-state index in [0.29, 0.717) is 19.0 Å². The lowest BCUT2D eigenvalue weighted by atomic mass is 9.95. The highest BCUT2D eigenvalue weighted by atomic mass is 15.4. The lowest BCUT2D eigenvalue weighted by molar-refractivity contribution is 0.371. The van der Waals surface area contributed by atoms with Gasteiger partial charge in [-0.3, -0.25) is 9.36 Å². The Labute approximate surface area is 229 Å². The number of fused-ring (bicyclic) bond motifs is 1. The van der Waals surface area contributed by atoms with Crippen LogP contribution in [0.25, 0.3) is 10.9 Å². The average molecular weight is 533 g/mol. The predicted octanol–water partition coefficient (Wildman–Crippen LogP) is 2.87. The first-order chi connectivity index (χ1) is 19.2. The number of rotatable bonds is 15. The van der Waals surface area contributed by atoms with Crippen molar-refractivity contribution >= 4 is 22.7 Å². The minimum atomic E-state index is 0.494. The van der Waals surface area contributed by atoms with Gasteiger partial charge in [-0.1, -0.05) is 41.8 Å². The fraction of sp³-hybridized carbons (Fsp3) is 0.556. The van der Waals surface area contributed by atoms with E-state index in [1.807, 2.05) is 48.4 Å². The number of nitrogens with one attached hydrogen (secondary N) is 4. The van der Waals surface area contributed by atoms with E-state index < -0.39 is 0 Å². The lowest BCUT2D eigenvalue weighted by Gasteiger charge is -2.22. The van der Waals surface area contributed by atoms with Gasteiger partial charge in [-0.15, -0.1) is 10.2 Å². The van der Waals surface area contributed by atoms with Gasteiger partial charge in [-0.25, -0.2) is 4.98 Å². The van der Waals surface area contributed by atoms with Crippen molar-refractivity contribution in [2.75, 3.05) is 30.3 Å². The van der Waals surface area contributed by atoms with E-state index in [-0.39, 0.29) is 0 Å². The fourth-order valence-electron chi connectivity index (χ4n) is 4.96. The summed E-state index contributed by atoms with van der Waals surface area (Å²) in [6.45, 7) is 4.99. The van der Waals surface area contributed by atoms with E-state index in [9.17, 15) is 0 Å². The number of hydrogen-bond acceptors (Lipinski definition) is 10. The van der Waals surface area contributed by atoms with Crippen LogP contribution in [0.2, 0.25) is 0 Å². The molecule has 4 N–H and O–H groups in total. The Morgan fingerprint density at radius 2 is 1.64 bits per heavy atom. The van der Waals surface area contributed by atoms with E-state index in [1.165, 1.54) is 38.5 Å². The molecule has 0 amide bonds. The highest BCUT2D eigenvalue weighted by Crippen LogP contribution is 2.22. The van der Waals surface area contributed by atoms with Crippen molar-refractivity contribution < 1.29 is 0 Å². The van der Waals surface area contributed by atoms with Crippen LogP contribution in [-0.4, -0.2) is 65.6 Å². The molecule has 1 aliphatic carbocycles. The summed E-state index contributed by atoms with van der Waals surface area (Å²) in [6.07, 6.45) is 12.9. The third-order valence-electron chi connectivity index (χ3n) is 7.01. The highest BCUT2D eigenvalue weighted by Gasteiger charge is 2.12. The molecule has 0 aliphatic heterocycles. The molecule has 208 valence electrons. The normalized spacial score (nSPS) is 14.2. The van der Waals surface area contributed by atoms with E-state index in [0.717, 1.165) is 66.8 Å². The summed E-state index contributed by atoms with van der Waals surface area (Å²) in [7, 11) is 1.85. The SMILES string of the molecule is Cn1cc(CNc2nc(NCc3cn(CCCNCCCNC4CCCCC4)nn3)nc3ccccc23)nn1. The molecule has 0 unspecified atom stereocenters. The van der Waals surface area contributed by atoms with Crippen LogP contribution in [0.15, 0.2) is 36.7 Å². The maximum absolute atomic E-state index is 4.71. The first kappa shape index (κ1) is 26.9. The van der Waals surface area contributed by atoms with Crippen molar-refractivity contribution in [3.05, 3.63) is 48.0 Å². The van der Waals surface area contributed by atoms with E-state index >= 15 is 0 Å². The van der Waals surface area contributed by atoms with E-state index in [1.54, 1.807) is 4.68 Å². The Bertz CT molecular complexity index is 1290. The molecular formula is C27H40N12. The van der Waals surface area contributed by atoms with Crippen LogP contribution in [0.1, 0.15) is 56.3 Å². The average Bonchev–Trinajstić information content (AvgIpc) is 3.61. The number of anilines is 2. The number of hydrogen-bond donors (Lipinski definition) is 4. The van der Waals surface area contributed by atoms with Gasteiger partial charge in [0.15, 0.2) is 0 Å². The predicted molar refractivity (Wildman–Crippen MR) is 152 cm³/mol. The van der Waals surface area contributed by atoms with Gasteiger partial charge >= 0.3 is 0 Å². The van der Waals surface area contributed by atoms with E-state index in [4.69, 9.17) is 4.98 Å². The van der Waals surface area contributed by atoms with Crippen molar-refractivity contribution in [3.63, 3.8) is 0 Å². The second kappa shape index (κ2) is 13.9. The minimum Gasteiger partial charge on any atom is -0.364 e. The Kier molecular flexibility index (Phi) is 9.64. The molecule has 3 heterocycles. The summed E-state index contributed by atoms with van der Waals surface area (Å²) in [4.78, 5) is 9.38. The van der Waals surface area contributed by atoms with Crippen LogP contribution in [0.5, 0.6) is 0 Å². The highest BCUT2D eigenvalue weighted by molar-refractivity contribution is 5.89. The van der Waals surface area contributed by atoms with Crippen molar-refractivity contribution in [3.8, 4) is 0 Å². The maximum atomic E-state index is 4.71. The van der Waals surface area contributed by atoms with Crippen molar-refractivity contribution in [2.24, 2.45) is 7.05 Å². The van der Waals surface area contributed by atoms with E-state index in [2.05, 4.69) is 46.9 Å². The molecule has 0 atom stereocenters. The molecule has 0 radical (unpaired) electrons. The second-order valence-electron chi connectivity index (χ2n) is 10.2. The summed E-state index contributed by atoms with van der Waals surface area (Å²) in [6, 6.07) is 8.69. The Balaban J connectivity index is 1.04. The van der Waals surface area contributed by atoms with Gasteiger partial charge in [0.1, 0.15) is 17.2 Å². The van der Waals surface area contributed by atoms with Crippen molar-refractivity contribution in [1.29, 1.82) is 0 Å². The first-order valence-electron chi connectivity index (χ1n) is 14.2. The van der Waals surface area contributed by atoms with Gasteiger partial charge < -0.3 is 21.3 Å². The van der Waals surface area contributed by atoms with Gasteiger partial charge in [-0.05, 0) is 57.5 Å². The lowest BCUT2D eigenvalue weighted by Crippen LogP contribution is -2.33. The monoisotopic (exact) mass is 532 g/mol. The fourth-order valence-corrected chi connectivity index (χ4v) is 4.96. The van der Waals surface area contributed by atoms with Gasteiger partial charge in [0.2, 0.25) is 5.95 Å². The Hall–Kier alpha value is -3.64. The molecular weight excluding hydrogens is 492 g/mol. The maximum Gasteiger partial charge on any atom is 0.225 e. The molecule has 0 spiro atoms. The number of para-hydroxylation sites is 1. The zero-order chi connectivity index (χ0) is 26.7. The molecule has 1 fully saturated rings. The summed E-state index contributed by atoms with van der Waals surface area (Å²) in [5.74, 6) is 1.28. The smallest absolute Gasteiger partial charge is 0.225 e. The summed E-state index contributed by atoms with van der Waals surface area (Å²) in [5, 5.41) is 31.6. The minimum absolute atomic E-state index is 0.494. The molecule has 1 saturated carbocycles. The van der Waals surface area contributed by atoms with Crippen molar-refractivity contribution in [2.45, 2.75) is 70.6 Å². The first-order valence-corrected chi connectivity index (χ1v) is 14.2. The standard InChI is InChI=1S/C27H40N12/c1-38-19-22(34-36-38)17-30-26-24-11-5-6-12-25(24)32-27(33-26)31-18-23-20-39(37-35-23)16-8-14-28-13-7-15-29-21-9-3-2-4-10-21/h5-6,11-12,19-21,28-29H,2-4,7-10,13-18H2,1H3,(H2,30,31,32,33). The third-order valence-corrected chi connectivity index (χ3v) is 7.01. The molecule has 1 aliphatic rings. The Morgan fingerprint density at radius 3 is 2.51 bits per heavy atom. The molecule has 1 aromatic carbocycles. The summed E-state index contributed by atoms with van der Waals surface area (Å²) < 4.78 is 3.58. The van der Waals surface area contributed by atoms with Crippen LogP contribution < -0.4 is 21.3 Å². The van der Waals surface area contributed by atoms with Crippen LogP contribution in [0.3, 0.4) is 0 Å². The third kappa shape index (κ3) is 8.17. The van der Waals surface area contributed by atoms with Crippen LogP contribution >= 0.6 is 0 Å². The van der Waals surface area contributed by atoms with Crippen LogP contribution in [0, 0.1) is 0 Å². The van der Waals surface area contributed by atoms with Gasteiger partial charge in [-0.2, -0.15) is 4.98 Å².